The number of benzene rings is 2. The van der Waals surface area contributed by atoms with Gasteiger partial charge in [-0.25, -0.2) is 8.78 Å². The quantitative estimate of drug-likeness (QED) is 0.813. The Morgan fingerprint density at radius 2 is 1.87 bits per heavy atom. The molecule has 5 heteroatoms. The van der Waals surface area contributed by atoms with Gasteiger partial charge in [0.05, 0.1) is 5.56 Å². The zero-order chi connectivity index (χ0) is 16.8. The molecule has 0 aliphatic carbocycles. The minimum absolute atomic E-state index is 0.0838. The summed E-state index contributed by atoms with van der Waals surface area (Å²) >= 11 is 0. The van der Waals surface area contributed by atoms with Crippen LogP contribution in [0.15, 0.2) is 48.2 Å². The topological polar surface area (TPSA) is 41.5 Å². The van der Waals surface area contributed by atoms with Crippen LogP contribution in [0.4, 0.5) is 14.5 Å². The molecule has 0 bridgehead atoms. The van der Waals surface area contributed by atoms with Crippen molar-refractivity contribution >= 4 is 5.69 Å². The monoisotopic (exact) mass is 315 g/mol. The molecule has 23 heavy (non-hydrogen) atoms. The summed E-state index contributed by atoms with van der Waals surface area (Å²) in [5, 5.41) is 11.9. The van der Waals surface area contributed by atoms with Crippen molar-refractivity contribution in [3.8, 4) is 23.8 Å². The van der Waals surface area contributed by atoms with Gasteiger partial charge in [-0.05, 0) is 43.3 Å². The van der Waals surface area contributed by atoms with Crippen LogP contribution in [0, 0.1) is 24.0 Å². The van der Waals surface area contributed by atoms with Crippen molar-refractivity contribution in [3.63, 3.8) is 0 Å². The molecule has 118 valence electrons. The number of rotatable bonds is 5. The fraction of sp³-hybridized carbons (Fsp3) is 0.111. The molecule has 0 aromatic heterocycles. The van der Waals surface area contributed by atoms with Gasteiger partial charge in [0.25, 0.3) is 0 Å². The molecule has 0 amide bonds. The van der Waals surface area contributed by atoms with E-state index in [2.05, 4.69) is 11.2 Å². The van der Waals surface area contributed by atoms with Crippen LogP contribution in [0.5, 0.6) is 11.5 Å². The van der Waals surface area contributed by atoms with Crippen LogP contribution >= 0.6 is 0 Å². The van der Waals surface area contributed by atoms with Crippen molar-refractivity contribution in [2.75, 3.05) is 5.32 Å². The molecule has 0 atom stereocenters. The fourth-order valence-corrected chi connectivity index (χ4v) is 1.76. The van der Waals surface area contributed by atoms with Gasteiger partial charge < -0.3 is 15.2 Å². The van der Waals surface area contributed by atoms with Crippen molar-refractivity contribution in [3.05, 3.63) is 65.4 Å². The van der Waals surface area contributed by atoms with E-state index in [9.17, 15) is 8.78 Å². The molecule has 0 aliphatic rings. The summed E-state index contributed by atoms with van der Waals surface area (Å²) < 4.78 is 33.4. The molecule has 3 nitrogen and oxygen atoms in total. The third-order valence-electron chi connectivity index (χ3n) is 3.04. The van der Waals surface area contributed by atoms with Crippen LogP contribution < -0.4 is 10.1 Å². The SMILES string of the molecule is C#C/C(C)=C\Nc1cc(F)c(COc2ccc(O)cc2)c(F)c1. The van der Waals surface area contributed by atoms with Gasteiger partial charge in [-0.15, -0.1) is 6.42 Å². The lowest BCUT2D eigenvalue weighted by Crippen LogP contribution is -2.03. The lowest BCUT2D eigenvalue weighted by molar-refractivity contribution is 0.292. The molecule has 0 spiro atoms. The number of phenols is 1. The number of phenolic OH excluding ortho intramolecular Hbond substituents is 1. The molecule has 0 fully saturated rings. The summed E-state index contributed by atoms with van der Waals surface area (Å²) in [6, 6.07) is 8.20. The molecule has 0 radical (unpaired) electrons. The molecule has 2 aromatic carbocycles. The maximum atomic E-state index is 14.0. The van der Waals surface area contributed by atoms with Gasteiger partial charge in [0, 0.05) is 17.5 Å². The van der Waals surface area contributed by atoms with Crippen LogP contribution in [-0.4, -0.2) is 5.11 Å². The highest BCUT2D eigenvalue weighted by Gasteiger charge is 2.12. The van der Waals surface area contributed by atoms with E-state index >= 15 is 0 Å². The zero-order valence-corrected chi connectivity index (χ0v) is 12.4. The zero-order valence-electron chi connectivity index (χ0n) is 12.4. The van der Waals surface area contributed by atoms with E-state index in [1.54, 1.807) is 6.92 Å². The van der Waals surface area contributed by atoms with Gasteiger partial charge in [-0.1, -0.05) is 5.92 Å². The number of anilines is 1. The van der Waals surface area contributed by atoms with Gasteiger partial charge in [0.1, 0.15) is 29.7 Å². The van der Waals surface area contributed by atoms with Crippen molar-refractivity contribution in [2.45, 2.75) is 13.5 Å². The average molecular weight is 315 g/mol. The van der Waals surface area contributed by atoms with Crippen molar-refractivity contribution < 1.29 is 18.6 Å². The first-order valence-corrected chi connectivity index (χ1v) is 6.79. The van der Waals surface area contributed by atoms with Crippen molar-refractivity contribution in [1.82, 2.24) is 0 Å². The smallest absolute Gasteiger partial charge is 0.134 e. The molecular formula is C18H15F2NO2. The Bertz CT molecular complexity index is 739. The van der Waals surface area contributed by atoms with Gasteiger partial charge in [-0.2, -0.15) is 0 Å². The second-order valence-corrected chi connectivity index (χ2v) is 4.82. The normalized spacial score (nSPS) is 11.0. The van der Waals surface area contributed by atoms with Crippen LogP contribution in [0.1, 0.15) is 12.5 Å². The Morgan fingerprint density at radius 3 is 2.43 bits per heavy atom. The summed E-state index contributed by atoms with van der Waals surface area (Å²) in [5.41, 5.74) is 0.676. The van der Waals surface area contributed by atoms with Gasteiger partial charge in [0.2, 0.25) is 0 Å². The summed E-state index contributed by atoms with van der Waals surface area (Å²) in [7, 11) is 0. The van der Waals surface area contributed by atoms with E-state index in [0.717, 1.165) is 0 Å². The lowest BCUT2D eigenvalue weighted by Gasteiger charge is -2.10. The maximum absolute atomic E-state index is 14.0. The Hall–Kier alpha value is -3.00. The van der Waals surface area contributed by atoms with E-state index in [0.29, 0.717) is 11.3 Å². The number of hydrogen-bond acceptors (Lipinski definition) is 3. The van der Waals surface area contributed by atoms with E-state index < -0.39 is 11.6 Å². The second kappa shape index (κ2) is 7.32. The van der Waals surface area contributed by atoms with E-state index in [1.807, 2.05) is 0 Å². The molecule has 0 heterocycles. The summed E-state index contributed by atoms with van der Waals surface area (Å²) in [6.07, 6.45) is 6.67. The van der Waals surface area contributed by atoms with Gasteiger partial charge >= 0.3 is 0 Å². The first-order chi connectivity index (χ1) is 11.0. The summed E-state index contributed by atoms with van der Waals surface area (Å²) in [6.45, 7) is 1.43. The summed E-state index contributed by atoms with van der Waals surface area (Å²) in [4.78, 5) is 0. The minimum Gasteiger partial charge on any atom is -0.508 e. The molecular weight excluding hydrogens is 300 g/mol. The number of allylic oxidation sites excluding steroid dienone is 1. The summed E-state index contributed by atoms with van der Waals surface area (Å²) in [5.74, 6) is 1.43. The van der Waals surface area contributed by atoms with Crippen molar-refractivity contribution in [1.29, 1.82) is 0 Å². The maximum Gasteiger partial charge on any atom is 0.134 e. The number of halogens is 2. The molecule has 2 rings (SSSR count). The van der Waals surface area contributed by atoms with Crippen LogP contribution in [0.2, 0.25) is 0 Å². The van der Waals surface area contributed by atoms with Crippen LogP contribution in [0.25, 0.3) is 0 Å². The lowest BCUT2D eigenvalue weighted by atomic mass is 10.2. The number of terminal acetylenes is 1. The highest BCUT2D eigenvalue weighted by atomic mass is 19.1. The minimum atomic E-state index is -0.724. The predicted molar refractivity (Wildman–Crippen MR) is 85.0 cm³/mol. The second-order valence-electron chi connectivity index (χ2n) is 4.82. The number of aromatic hydroxyl groups is 1. The third-order valence-corrected chi connectivity index (χ3v) is 3.04. The van der Waals surface area contributed by atoms with Crippen molar-refractivity contribution in [2.24, 2.45) is 0 Å². The Kier molecular flexibility index (Phi) is 5.21. The number of hydrogen-bond donors (Lipinski definition) is 2. The molecule has 2 aromatic rings. The molecule has 2 N–H and O–H groups in total. The van der Waals surface area contributed by atoms with Crippen LogP contribution in [0.3, 0.4) is 0 Å². The van der Waals surface area contributed by atoms with E-state index in [-0.39, 0.29) is 23.6 Å². The van der Waals surface area contributed by atoms with E-state index in [1.165, 1.54) is 42.6 Å². The van der Waals surface area contributed by atoms with Gasteiger partial charge in [0.15, 0.2) is 0 Å². The Labute approximate surface area is 133 Å². The first kappa shape index (κ1) is 16.4. The highest BCUT2D eigenvalue weighted by molar-refractivity contribution is 5.49. The molecule has 0 saturated carbocycles. The standard InChI is InChI=1S/C18H15F2NO2/c1-3-12(2)10-21-13-8-17(19)16(18(20)9-13)11-23-15-6-4-14(22)5-7-15/h1,4-10,21-22H,11H2,2H3/b12-10-. The highest BCUT2D eigenvalue weighted by Crippen LogP contribution is 2.22. The fourth-order valence-electron chi connectivity index (χ4n) is 1.76. The van der Waals surface area contributed by atoms with Crippen LogP contribution in [-0.2, 0) is 6.61 Å². The number of ether oxygens (including phenoxy) is 1. The van der Waals surface area contributed by atoms with Gasteiger partial charge in [-0.3, -0.25) is 0 Å². The third kappa shape index (κ3) is 4.48. The largest absolute Gasteiger partial charge is 0.508 e. The Balaban J connectivity index is 2.11. The first-order valence-electron chi connectivity index (χ1n) is 6.79. The average Bonchev–Trinajstić information content (AvgIpc) is 2.53. The number of nitrogens with one attached hydrogen (secondary N) is 1. The Morgan fingerprint density at radius 1 is 1.26 bits per heavy atom. The molecule has 0 aliphatic heterocycles. The predicted octanol–water partition coefficient (Wildman–Crippen LogP) is 4.20. The molecule has 0 saturated heterocycles. The van der Waals surface area contributed by atoms with E-state index in [4.69, 9.17) is 16.3 Å². The molecule has 0 unspecified atom stereocenters.